The quantitative estimate of drug-likeness (QED) is 0.388. The fourth-order valence-electron chi connectivity index (χ4n) is 3.96. The fourth-order valence-corrected chi connectivity index (χ4v) is 3.96. The van der Waals surface area contributed by atoms with E-state index in [1.165, 1.54) is 7.11 Å². The number of imide groups is 1. The highest BCUT2D eigenvalue weighted by Gasteiger charge is 2.33. The summed E-state index contributed by atoms with van der Waals surface area (Å²) < 4.78 is 10.4. The summed E-state index contributed by atoms with van der Waals surface area (Å²) in [7, 11) is 1.38. The molecule has 2 unspecified atom stereocenters. The number of fused-ring (bicyclic) bond motifs is 1. The van der Waals surface area contributed by atoms with Crippen LogP contribution in [-0.2, 0) is 25.5 Å². The first-order valence-electron chi connectivity index (χ1n) is 10.2. The number of hydrogen-bond acceptors (Lipinski definition) is 6. The molecule has 7 nitrogen and oxygen atoms in total. The summed E-state index contributed by atoms with van der Waals surface area (Å²) in [5.74, 6) is -0.110. The first kappa shape index (κ1) is 21.0. The Kier molecular flexibility index (Phi) is 7.01. The van der Waals surface area contributed by atoms with Crippen molar-refractivity contribution in [3.05, 3.63) is 29.3 Å². The zero-order valence-electron chi connectivity index (χ0n) is 16.7. The number of ketones is 1. The van der Waals surface area contributed by atoms with E-state index in [9.17, 15) is 19.2 Å². The van der Waals surface area contributed by atoms with E-state index in [1.807, 2.05) is 12.1 Å². The van der Waals surface area contributed by atoms with Gasteiger partial charge in [-0.1, -0.05) is 0 Å². The molecule has 0 saturated carbocycles. The van der Waals surface area contributed by atoms with Crippen LogP contribution in [0.5, 0.6) is 5.75 Å². The average molecular weight is 401 g/mol. The molecule has 1 fully saturated rings. The molecule has 0 aromatic heterocycles. The molecule has 1 aromatic carbocycles. The molecule has 1 saturated heterocycles. The molecule has 1 N–H and O–H groups in total. The number of ether oxygens (including phenoxy) is 2. The van der Waals surface area contributed by atoms with Crippen LogP contribution in [0.3, 0.4) is 0 Å². The summed E-state index contributed by atoms with van der Waals surface area (Å²) in [6, 6.07) is 5.53. The number of carbonyl (C=O) groups excluding carboxylic acids is 4. The van der Waals surface area contributed by atoms with Crippen LogP contribution in [0.2, 0.25) is 0 Å². The minimum absolute atomic E-state index is 0.120. The average Bonchev–Trinajstić information content (AvgIpc) is 3.02. The van der Waals surface area contributed by atoms with E-state index in [2.05, 4.69) is 10.1 Å². The molecule has 2 atom stereocenters. The number of esters is 1. The van der Waals surface area contributed by atoms with Crippen molar-refractivity contribution in [2.24, 2.45) is 11.8 Å². The monoisotopic (exact) mass is 401 g/mol. The second-order valence-corrected chi connectivity index (χ2v) is 7.69. The van der Waals surface area contributed by atoms with Crippen LogP contribution in [-0.4, -0.2) is 37.3 Å². The Morgan fingerprint density at radius 2 is 1.93 bits per heavy atom. The smallest absolute Gasteiger partial charge is 0.305 e. The van der Waals surface area contributed by atoms with E-state index in [4.69, 9.17) is 4.74 Å². The van der Waals surface area contributed by atoms with Gasteiger partial charge in [-0.2, -0.15) is 0 Å². The van der Waals surface area contributed by atoms with Crippen LogP contribution in [0.15, 0.2) is 18.2 Å². The van der Waals surface area contributed by atoms with Crippen molar-refractivity contribution in [3.8, 4) is 5.75 Å². The van der Waals surface area contributed by atoms with Gasteiger partial charge in [0.25, 0.3) is 0 Å². The Labute approximate surface area is 170 Å². The molecule has 1 heterocycles. The topological polar surface area (TPSA) is 98.8 Å². The summed E-state index contributed by atoms with van der Waals surface area (Å²) >= 11 is 0. The van der Waals surface area contributed by atoms with E-state index >= 15 is 0 Å². The number of carbonyl (C=O) groups is 4. The van der Waals surface area contributed by atoms with Crippen molar-refractivity contribution < 1.29 is 28.7 Å². The van der Waals surface area contributed by atoms with Crippen molar-refractivity contribution in [3.63, 3.8) is 0 Å². The predicted octanol–water partition coefficient (Wildman–Crippen LogP) is 2.60. The summed E-state index contributed by atoms with van der Waals surface area (Å²) in [6.45, 7) is 0.503. The van der Waals surface area contributed by atoms with Gasteiger partial charge in [-0.15, -0.1) is 0 Å². The third-order valence-corrected chi connectivity index (χ3v) is 5.67. The summed E-state index contributed by atoms with van der Waals surface area (Å²) in [4.78, 5) is 46.9. The molecule has 0 radical (unpaired) electrons. The van der Waals surface area contributed by atoms with Crippen molar-refractivity contribution in [1.29, 1.82) is 0 Å². The van der Waals surface area contributed by atoms with Gasteiger partial charge in [0.15, 0.2) is 5.78 Å². The first-order valence-corrected chi connectivity index (χ1v) is 10.2. The van der Waals surface area contributed by atoms with Gasteiger partial charge in [-0.25, -0.2) is 0 Å². The number of nitrogens with one attached hydrogen (secondary N) is 1. The molecule has 3 rings (SSSR count). The molecule has 1 aliphatic heterocycles. The van der Waals surface area contributed by atoms with Gasteiger partial charge in [0.1, 0.15) is 5.75 Å². The maximum Gasteiger partial charge on any atom is 0.305 e. The Balaban J connectivity index is 1.47. The number of hydrogen-bond donors (Lipinski definition) is 1. The first-order chi connectivity index (χ1) is 14.0. The molecule has 2 aliphatic rings. The van der Waals surface area contributed by atoms with Gasteiger partial charge < -0.3 is 9.47 Å². The molecule has 1 aliphatic carbocycles. The Morgan fingerprint density at radius 1 is 1.14 bits per heavy atom. The largest absolute Gasteiger partial charge is 0.494 e. The second kappa shape index (κ2) is 9.67. The second-order valence-electron chi connectivity index (χ2n) is 7.69. The Hall–Kier alpha value is -2.70. The minimum atomic E-state index is -0.218. The number of Topliss-reactive ketones (excluding diaryl/α,β-unsaturated/α-hetero) is 1. The maximum atomic E-state index is 12.7. The van der Waals surface area contributed by atoms with E-state index in [0.717, 1.165) is 23.3 Å². The van der Waals surface area contributed by atoms with E-state index < -0.39 is 0 Å². The van der Waals surface area contributed by atoms with Gasteiger partial charge in [0, 0.05) is 30.2 Å². The Morgan fingerprint density at radius 3 is 2.69 bits per heavy atom. The highest BCUT2D eigenvalue weighted by molar-refractivity contribution is 6.02. The zero-order chi connectivity index (χ0) is 20.8. The SMILES string of the molecule is COC(=O)CCCCOc1ccc2c(c1)CC(CCC1CCC(=O)NC1=O)C2=O. The van der Waals surface area contributed by atoms with Gasteiger partial charge in [0.05, 0.1) is 13.7 Å². The lowest BCUT2D eigenvalue weighted by molar-refractivity contribution is -0.141. The van der Waals surface area contributed by atoms with E-state index in [-0.39, 0.29) is 35.4 Å². The number of benzene rings is 1. The van der Waals surface area contributed by atoms with Gasteiger partial charge >= 0.3 is 5.97 Å². The number of methoxy groups -OCH3 is 1. The summed E-state index contributed by atoms with van der Waals surface area (Å²) in [6.07, 6.45) is 4.69. The molecule has 1 aromatic rings. The minimum Gasteiger partial charge on any atom is -0.494 e. The molecule has 156 valence electrons. The van der Waals surface area contributed by atoms with Crippen LogP contribution in [0.1, 0.15) is 60.9 Å². The molecule has 0 bridgehead atoms. The van der Waals surface area contributed by atoms with Crippen LogP contribution < -0.4 is 10.1 Å². The van der Waals surface area contributed by atoms with Crippen LogP contribution in [0, 0.1) is 11.8 Å². The third-order valence-electron chi connectivity index (χ3n) is 5.67. The fraction of sp³-hybridized carbons (Fsp3) is 0.545. The van der Waals surface area contributed by atoms with Crippen molar-refractivity contribution >= 4 is 23.6 Å². The maximum absolute atomic E-state index is 12.7. The highest BCUT2D eigenvalue weighted by atomic mass is 16.5. The number of rotatable bonds is 9. The summed E-state index contributed by atoms with van der Waals surface area (Å²) in [5, 5.41) is 2.37. The third kappa shape index (κ3) is 5.43. The standard InChI is InChI=1S/C22H27NO6/c1-28-20(25)4-2-3-11-29-17-8-9-18-16(13-17)12-15(21(18)26)6-5-14-7-10-19(24)23-22(14)27/h8-9,13-15H,2-7,10-12H2,1H3,(H,23,24,27). The van der Waals surface area contributed by atoms with Crippen LogP contribution in [0.4, 0.5) is 0 Å². The number of piperidine rings is 1. The number of amides is 2. The lowest BCUT2D eigenvalue weighted by Crippen LogP contribution is -2.40. The lowest BCUT2D eigenvalue weighted by Gasteiger charge is -2.21. The molecular formula is C22H27NO6. The van der Waals surface area contributed by atoms with Gasteiger partial charge in [0.2, 0.25) is 11.8 Å². The highest BCUT2D eigenvalue weighted by Crippen LogP contribution is 2.33. The van der Waals surface area contributed by atoms with Crippen molar-refractivity contribution in [1.82, 2.24) is 5.32 Å². The predicted molar refractivity (Wildman–Crippen MR) is 104 cm³/mol. The van der Waals surface area contributed by atoms with Crippen molar-refractivity contribution in [2.45, 2.75) is 51.4 Å². The summed E-state index contributed by atoms with van der Waals surface area (Å²) in [5.41, 5.74) is 1.71. The van der Waals surface area contributed by atoms with Crippen LogP contribution in [0.25, 0.3) is 0 Å². The van der Waals surface area contributed by atoms with Crippen LogP contribution >= 0.6 is 0 Å². The van der Waals surface area contributed by atoms with E-state index in [1.54, 1.807) is 6.07 Å². The molecular weight excluding hydrogens is 374 g/mol. The molecule has 0 spiro atoms. The molecule has 7 heteroatoms. The normalized spacial score (nSPS) is 20.9. The molecule has 2 amide bonds. The van der Waals surface area contributed by atoms with Crippen molar-refractivity contribution in [2.75, 3.05) is 13.7 Å². The van der Waals surface area contributed by atoms with Gasteiger partial charge in [-0.3, -0.25) is 24.5 Å². The van der Waals surface area contributed by atoms with E-state index in [0.29, 0.717) is 51.6 Å². The molecule has 29 heavy (non-hydrogen) atoms. The number of unbranched alkanes of at least 4 members (excludes halogenated alkanes) is 1. The Bertz CT molecular complexity index is 802. The zero-order valence-corrected chi connectivity index (χ0v) is 16.7. The van der Waals surface area contributed by atoms with Gasteiger partial charge in [-0.05, 0) is 62.3 Å². The lowest BCUT2D eigenvalue weighted by atomic mass is 9.88.